The van der Waals surface area contributed by atoms with Crippen molar-refractivity contribution in [1.29, 1.82) is 0 Å². The van der Waals surface area contributed by atoms with Crippen LogP contribution in [-0.2, 0) is 0 Å². The molecular weight excluding hydrogens is 324 g/mol. The van der Waals surface area contributed by atoms with Gasteiger partial charge in [0.25, 0.3) is 0 Å². The first-order chi connectivity index (χ1) is 13.4. The average molecular weight is 377 g/mol. The zero-order valence-corrected chi connectivity index (χ0v) is 19.0. The highest BCUT2D eigenvalue weighted by atomic mass is 14.0. The molecule has 0 aromatic carbocycles. The standard InChI is InChI=1S/C27H52/c1-3-5-7-9-11-13-15-17-19-21-23-25-27-26-24-22-20-18-16-14-12-10-8-6-4-2/h3,18,20H,1,4-17,19,21-27H2,2H3/b20-18+. The SMILES string of the molecule is C=CCCCCCCCCCCCCCCC/C=C/CCCCCCCC. The number of allylic oxidation sites excluding steroid dienone is 3. The number of hydrogen-bond acceptors (Lipinski definition) is 0. The van der Waals surface area contributed by atoms with Crippen LogP contribution in [-0.4, -0.2) is 0 Å². The van der Waals surface area contributed by atoms with Crippen LogP contribution in [0, 0.1) is 0 Å². The van der Waals surface area contributed by atoms with Gasteiger partial charge in [-0.1, -0.05) is 128 Å². The van der Waals surface area contributed by atoms with Gasteiger partial charge in [-0.15, -0.1) is 6.58 Å². The van der Waals surface area contributed by atoms with E-state index < -0.39 is 0 Å². The summed E-state index contributed by atoms with van der Waals surface area (Å²) in [4.78, 5) is 0. The Morgan fingerprint density at radius 3 is 1.04 bits per heavy atom. The highest BCUT2D eigenvalue weighted by Gasteiger charge is 1.94. The largest absolute Gasteiger partial charge is 0.103 e. The molecule has 0 heterocycles. The Balaban J connectivity index is 3.04. The lowest BCUT2D eigenvalue weighted by molar-refractivity contribution is 0.538. The van der Waals surface area contributed by atoms with Crippen LogP contribution in [0.5, 0.6) is 0 Å². The molecule has 0 fully saturated rings. The molecule has 0 aliphatic heterocycles. The third kappa shape index (κ3) is 25.5. The van der Waals surface area contributed by atoms with Crippen LogP contribution in [0.2, 0.25) is 0 Å². The quantitative estimate of drug-likeness (QED) is 0.123. The molecular formula is C27H52. The van der Waals surface area contributed by atoms with Crippen molar-refractivity contribution >= 4 is 0 Å². The molecule has 0 heteroatoms. The Bertz CT molecular complexity index is 288. The molecule has 0 aliphatic rings. The van der Waals surface area contributed by atoms with Gasteiger partial charge in [0.2, 0.25) is 0 Å². The fraction of sp³-hybridized carbons (Fsp3) is 0.852. The van der Waals surface area contributed by atoms with E-state index in [1.54, 1.807) is 0 Å². The summed E-state index contributed by atoms with van der Waals surface area (Å²) < 4.78 is 0. The maximum absolute atomic E-state index is 3.78. The topological polar surface area (TPSA) is 0 Å². The van der Waals surface area contributed by atoms with E-state index in [1.807, 2.05) is 6.08 Å². The molecule has 27 heavy (non-hydrogen) atoms. The summed E-state index contributed by atoms with van der Waals surface area (Å²) in [6, 6.07) is 0. The van der Waals surface area contributed by atoms with Gasteiger partial charge in [0.1, 0.15) is 0 Å². The lowest BCUT2D eigenvalue weighted by Gasteiger charge is -2.03. The van der Waals surface area contributed by atoms with Crippen molar-refractivity contribution in [1.82, 2.24) is 0 Å². The van der Waals surface area contributed by atoms with Gasteiger partial charge in [-0.3, -0.25) is 0 Å². The molecule has 0 radical (unpaired) electrons. The second-order valence-electron chi connectivity index (χ2n) is 8.49. The summed E-state index contributed by atoms with van der Waals surface area (Å²) in [5, 5.41) is 0. The van der Waals surface area contributed by atoms with Gasteiger partial charge in [0.05, 0.1) is 0 Å². The normalized spacial score (nSPS) is 11.4. The van der Waals surface area contributed by atoms with Crippen molar-refractivity contribution in [2.45, 2.75) is 148 Å². The lowest BCUT2D eigenvalue weighted by atomic mass is 10.0. The monoisotopic (exact) mass is 376 g/mol. The number of rotatable bonds is 23. The molecule has 0 unspecified atom stereocenters. The van der Waals surface area contributed by atoms with E-state index >= 15 is 0 Å². The predicted molar refractivity (Wildman–Crippen MR) is 127 cm³/mol. The molecule has 0 saturated carbocycles. The number of hydrogen-bond donors (Lipinski definition) is 0. The maximum atomic E-state index is 3.78. The minimum absolute atomic E-state index is 1.20. The molecule has 160 valence electrons. The number of unbranched alkanes of at least 4 members (excludes halogenated alkanes) is 20. The Morgan fingerprint density at radius 1 is 0.407 bits per heavy atom. The van der Waals surface area contributed by atoms with Crippen molar-refractivity contribution in [3.8, 4) is 0 Å². The molecule has 0 aromatic heterocycles. The van der Waals surface area contributed by atoms with Crippen LogP contribution in [0.1, 0.15) is 148 Å². The van der Waals surface area contributed by atoms with Gasteiger partial charge in [-0.25, -0.2) is 0 Å². The van der Waals surface area contributed by atoms with E-state index in [1.165, 1.54) is 141 Å². The van der Waals surface area contributed by atoms with Crippen LogP contribution in [0.25, 0.3) is 0 Å². The zero-order valence-electron chi connectivity index (χ0n) is 19.0. The fourth-order valence-electron chi connectivity index (χ4n) is 3.77. The second-order valence-corrected chi connectivity index (χ2v) is 8.49. The first kappa shape index (κ1) is 26.5. The molecule has 0 amide bonds. The molecule has 0 nitrogen and oxygen atoms in total. The van der Waals surface area contributed by atoms with E-state index in [-0.39, 0.29) is 0 Å². The molecule has 0 saturated heterocycles. The van der Waals surface area contributed by atoms with Gasteiger partial charge < -0.3 is 0 Å². The first-order valence-electron chi connectivity index (χ1n) is 12.7. The first-order valence-corrected chi connectivity index (χ1v) is 12.7. The smallest absolute Gasteiger partial charge is 0.0351 e. The van der Waals surface area contributed by atoms with Crippen molar-refractivity contribution in [3.05, 3.63) is 24.8 Å². The van der Waals surface area contributed by atoms with Gasteiger partial charge in [0, 0.05) is 0 Å². The Labute approximate surface area is 173 Å². The van der Waals surface area contributed by atoms with Crippen molar-refractivity contribution in [3.63, 3.8) is 0 Å². The Hall–Kier alpha value is -0.520. The van der Waals surface area contributed by atoms with Crippen molar-refractivity contribution in [2.75, 3.05) is 0 Å². The summed E-state index contributed by atoms with van der Waals surface area (Å²) in [7, 11) is 0. The van der Waals surface area contributed by atoms with Crippen LogP contribution in [0.3, 0.4) is 0 Å². The summed E-state index contributed by atoms with van der Waals surface area (Å²) >= 11 is 0. The predicted octanol–water partition coefficient (Wildman–Crippen LogP) is 10.3. The van der Waals surface area contributed by atoms with Gasteiger partial charge in [0.15, 0.2) is 0 Å². The van der Waals surface area contributed by atoms with Crippen LogP contribution < -0.4 is 0 Å². The highest BCUT2D eigenvalue weighted by Crippen LogP contribution is 2.14. The Kier molecular flexibility index (Phi) is 25.0. The van der Waals surface area contributed by atoms with E-state index in [2.05, 4.69) is 25.7 Å². The molecule has 0 bridgehead atoms. The molecule has 0 atom stereocenters. The van der Waals surface area contributed by atoms with E-state index in [0.717, 1.165) is 0 Å². The third-order valence-electron chi connectivity index (χ3n) is 5.67. The molecule has 0 rings (SSSR count). The van der Waals surface area contributed by atoms with E-state index in [0.29, 0.717) is 0 Å². The summed E-state index contributed by atoms with van der Waals surface area (Å²) in [5.41, 5.74) is 0. The van der Waals surface area contributed by atoms with Crippen molar-refractivity contribution in [2.24, 2.45) is 0 Å². The molecule has 0 N–H and O–H groups in total. The molecule has 0 aliphatic carbocycles. The third-order valence-corrected chi connectivity index (χ3v) is 5.67. The summed E-state index contributed by atoms with van der Waals surface area (Å²) in [5.74, 6) is 0. The van der Waals surface area contributed by atoms with Gasteiger partial charge in [-0.05, 0) is 38.5 Å². The minimum Gasteiger partial charge on any atom is -0.103 e. The van der Waals surface area contributed by atoms with Crippen molar-refractivity contribution < 1.29 is 0 Å². The summed E-state index contributed by atoms with van der Waals surface area (Å²) in [6.07, 6.45) is 37.9. The minimum atomic E-state index is 1.20. The van der Waals surface area contributed by atoms with Crippen LogP contribution in [0.4, 0.5) is 0 Å². The van der Waals surface area contributed by atoms with Gasteiger partial charge in [-0.2, -0.15) is 0 Å². The highest BCUT2D eigenvalue weighted by molar-refractivity contribution is 4.81. The second kappa shape index (κ2) is 25.5. The summed E-state index contributed by atoms with van der Waals surface area (Å²) in [6.45, 7) is 6.07. The Morgan fingerprint density at radius 2 is 0.704 bits per heavy atom. The molecule has 0 spiro atoms. The van der Waals surface area contributed by atoms with Gasteiger partial charge >= 0.3 is 0 Å². The fourth-order valence-corrected chi connectivity index (χ4v) is 3.77. The average Bonchev–Trinajstić information content (AvgIpc) is 2.68. The van der Waals surface area contributed by atoms with Crippen LogP contribution >= 0.6 is 0 Å². The zero-order chi connectivity index (χ0) is 19.7. The lowest BCUT2D eigenvalue weighted by Crippen LogP contribution is -1.83. The maximum Gasteiger partial charge on any atom is -0.0351 e. The molecule has 0 aromatic rings. The van der Waals surface area contributed by atoms with Crippen LogP contribution in [0.15, 0.2) is 24.8 Å². The van der Waals surface area contributed by atoms with E-state index in [4.69, 9.17) is 0 Å². The van der Waals surface area contributed by atoms with E-state index in [9.17, 15) is 0 Å².